The monoisotopic (exact) mass is 1450 g/mol. The molecule has 31 nitrogen and oxygen atoms in total. The van der Waals surface area contributed by atoms with Crippen molar-refractivity contribution in [3.05, 3.63) is 77.9 Å². The molecule has 31 heteroatoms. The average Bonchev–Trinajstić information content (AvgIpc) is 1.76. The summed E-state index contributed by atoms with van der Waals surface area (Å²) in [4.78, 5) is 110. The molecule has 18 N–H and O–H groups in total. The van der Waals surface area contributed by atoms with E-state index in [1.807, 2.05) is 19.2 Å². The number of methoxy groups -OCH3 is 1. The Kier molecular flexibility index (Phi) is 28.8. The van der Waals surface area contributed by atoms with Crippen molar-refractivity contribution < 1.29 is 99.2 Å². The molecule has 7 amide bonds. The van der Waals surface area contributed by atoms with Gasteiger partial charge in [-0.2, -0.15) is 0 Å². The number of piperazine rings is 1. The number of carbonyl (C=O) groups is 7. The number of nitrogens with zero attached hydrogens (tertiary/aromatic N) is 4. The number of nitrogens with one attached hydrogen (secondary N) is 7. The van der Waals surface area contributed by atoms with Crippen molar-refractivity contribution in [2.45, 2.75) is 187 Å². The van der Waals surface area contributed by atoms with E-state index in [2.05, 4.69) is 59.2 Å². The van der Waals surface area contributed by atoms with Crippen molar-refractivity contribution in [2.75, 3.05) is 104 Å². The number of amides is 7. The third-order valence-corrected chi connectivity index (χ3v) is 21.6. The van der Waals surface area contributed by atoms with Crippen LogP contribution in [0.15, 0.2) is 66.7 Å². The maximum absolute atomic E-state index is 15.1. The Morgan fingerprint density at radius 1 is 0.670 bits per heavy atom. The molecular formula is C72H107N11O20. The smallest absolute Gasteiger partial charge is 0.251 e. The summed E-state index contributed by atoms with van der Waals surface area (Å²) in [6, 6.07) is 6.28. The van der Waals surface area contributed by atoms with E-state index in [0.29, 0.717) is 12.0 Å². The zero-order valence-corrected chi connectivity index (χ0v) is 58.9. The number of phenols is 1. The van der Waals surface area contributed by atoms with Crippen molar-refractivity contribution in [2.24, 2.45) is 11.8 Å². The molecule has 0 radical (unpaired) electrons. The summed E-state index contributed by atoms with van der Waals surface area (Å²) >= 11 is 0. The molecule has 4 heterocycles. The largest absolute Gasteiger partial charge is 0.504 e. The maximum Gasteiger partial charge on any atom is 0.251 e. The Hall–Kier alpha value is -7.21. The standard InChI is InChI=1S/C72H107N11O20/c1-41-35-83-63(64(41)94)69(99)75-34-52(89)32-54(76-65(95)46-11-9-44(10-12-46)45-13-15-50(16-14-45)80-25-27-81(28-26-80)51-18-21-72(102-3,22-19-51)47-6-4-5-7-47)66(96)77-60(42(2)88)70(100)82-36-53(90)33-55(82)67(97)78-61(68(98)79-62(71(83)101)57(92)20-23-73-48(37-84)38-85)58(93)30-43-8-17-56(91)59(31-43)103-29-24-74-49(39-86)40-87/h8-17,31,41-42,47-49,51-55,57-58,60-64,73-74,84-94H,4-7,18-30,32-40H2,1-3H3,(H,75,99)(H,76,95)(H,77,96)(H,78,97)(H,79,98)/t41-,42+,51?,52+,53+,54-,55-,57+,58+,60-,61-,62-,63-,64-,72?/m0/s1. The van der Waals surface area contributed by atoms with Crippen molar-refractivity contribution in [3.63, 3.8) is 0 Å². The van der Waals surface area contributed by atoms with Crippen LogP contribution >= 0.6 is 0 Å². The number of benzene rings is 3. The zero-order chi connectivity index (χ0) is 74.2. The number of aliphatic hydroxyl groups is 10. The van der Waals surface area contributed by atoms with Crippen LogP contribution in [0, 0.1) is 11.8 Å². The summed E-state index contributed by atoms with van der Waals surface area (Å²) in [5.41, 5.74) is 3.02. The lowest BCUT2D eigenvalue weighted by molar-refractivity contribution is -0.147. The zero-order valence-electron chi connectivity index (χ0n) is 58.9. The fourth-order valence-electron chi connectivity index (χ4n) is 15.4. The van der Waals surface area contributed by atoms with E-state index >= 15 is 9.59 Å². The fraction of sp³-hybridized carbons (Fsp3) is 0.653. The molecule has 6 aliphatic rings. The first-order chi connectivity index (χ1) is 49.4. The number of hydrogen-bond donors (Lipinski definition) is 18. The number of fused-ring (bicyclic) bond motifs is 2. The van der Waals surface area contributed by atoms with Crippen molar-refractivity contribution >= 4 is 47.0 Å². The van der Waals surface area contributed by atoms with Gasteiger partial charge in [0.15, 0.2) is 11.5 Å². The molecule has 3 aromatic carbocycles. The van der Waals surface area contributed by atoms with E-state index in [0.717, 1.165) is 85.4 Å². The van der Waals surface area contributed by atoms with Crippen molar-refractivity contribution in [1.82, 2.24) is 51.9 Å². The summed E-state index contributed by atoms with van der Waals surface area (Å²) in [5, 5.41) is 137. The Morgan fingerprint density at radius 3 is 1.89 bits per heavy atom. The number of carbonyl (C=O) groups excluding carboxylic acids is 7. The lowest BCUT2D eigenvalue weighted by Crippen LogP contribution is -2.64. The molecular weight excluding hydrogens is 1340 g/mol. The minimum absolute atomic E-state index is 0.0241. The van der Waals surface area contributed by atoms with Gasteiger partial charge < -0.3 is 118 Å². The first kappa shape index (κ1) is 79.9. The summed E-state index contributed by atoms with van der Waals surface area (Å²) < 4.78 is 12.0. The number of hydrogen-bond acceptors (Lipinski definition) is 24. The summed E-state index contributed by atoms with van der Waals surface area (Å²) in [6.45, 7) is 2.78. The Bertz CT molecular complexity index is 3290. The maximum atomic E-state index is 15.1. The summed E-state index contributed by atoms with van der Waals surface area (Å²) in [5.74, 6) is -8.39. The first-order valence-corrected chi connectivity index (χ1v) is 36.2. The predicted molar refractivity (Wildman–Crippen MR) is 375 cm³/mol. The van der Waals surface area contributed by atoms with E-state index in [9.17, 15) is 80.1 Å². The van der Waals surface area contributed by atoms with Gasteiger partial charge in [-0.05, 0) is 117 Å². The molecule has 0 aromatic heterocycles. The minimum Gasteiger partial charge on any atom is -0.504 e. The third-order valence-electron chi connectivity index (χ3n) is 21.6. The van der Waals surface area contributed by atoms with Gasteiger partial charge in [0.2, 0.25) is 35.4 Å². The van der Waals surface area contributed by atoms with Gasteiger partial charge in [-0.1, -0.05) is 50.1 Å². The summed E-state index contributed by atoms with van der Waals surface area (Å²) in [6.07, 6.45) is -2.77. The quantitative estimate of drug-likeness (QED) is 0.0363. The number of phenolic OH excluding ortho intramolecular Hbond substituents is 1. The average molecular weight is 1450 g/mol. The van der Waals surface area contributed by atoms with Gasteiger partial charge >= 0.3 is 0 Å². The van der Waals surface area contributed by atoms with E-state index in [4.69, 9.17) is 9.47 Å². The fourth-order valence-corrected chi connectivity index (χ4v) is 15.4. The first-order valence-electron chi connectivity index (χ1n) is 36.2. The third kappa shape index (κ3) is 20.0. The highest BCUT2D eigenvalue weighted by Gasteiger charge is 2.51. The van der Waals surface area contributed by atoms with Crippen LogP contribution in [-0.2, 0) is 39.9 Å². The van der Waals surface area contributed by atoms with E-state index in [1.165, 1.54) is 62.9 Å². The second kappa shape index (κ2) is 37.2. The van der Waals surface area contributed by atoms with Crippen LogP contribution in [0.5, 0.6) is 11.5 Å². The number of ether oxygens (including phenoxy) is 2. The lowest BCUT2D eigenvalue weighted by atomic mass is 9.73. The molecule has 13 atom stereocenters. The highest BCUT2D eigenvalue weighted by atomic mass is 16.5. The van der Waals surface area contributed by atoms with Crippen molar-refractivity contribution in [1.29, 1.82) is 0 Å². The Morgan fingerprint density at radius 2 is 1.27 bits per heavy atom. The van der Waals surface area contributed by atoms with Gasteiger partial charge in [0.05, 0.1) is 80.7 Å². The van der Waals surface area contributed by atoms with Gasteiger partial charge in [0, 0.05) is 102 Å². The molecule has 6 fully saturated rings. The summed E-state index contributed by atoms with van der Waals surface area (Å²) in [7, 11) is 1.90. The molecule has 0 bridgehead atoms. The molecule has 4 saturated heterocycles. The molecule has 0 unspecified atom stereocenters. The molecule has 570 valence electrons. The molecule has 2 saturated carbocycles. The van der Waals surface area contributed by atoms with Crippen LogP contribution in [-0.4, -0.2) is 308 Å². The van der Waals surface area contributed by atoms with Crippen LogP contribution < -0.4 is 46.9 Å². The minimum atomic E-state index is -2.13. The highest BCUT2D eigenvalue weighted by Crippen LogP contribution is 2.46. The molecule has 103 heavy (non-hydrogen) atoms. The molecule has 4 aliphatic heterocycles. The SMILES string of the molecule is COC1(C2CCCC2)CCC(N2CCN(c3ccc(-c4ccc(C(=O)N[C@H]5C[C@@H](O)CNC(=O)[C@@H]6[C@@H](O)[C@@H](C)CN6C(=O)[C@H]([C@H](O)CCNC(CO)CO)NC(=O)[C@H]([C@H](O)Cc6ccc(O)c(OCCNC(CO)CO)c6)NC(=O)[C@@H]6C[C@@H](O)CN6C(=O)[C@H]([C@@H](C)O)NC5=O)cc4)cc3)CC2)CC1. The van der Waals surface area contributed by atoms with Gasteiger partial charge in [-0.15, -0.1) is 0 Å². The molecule has 9 rings (SSSR count). The van der Waals surface area contributed by atoms with Crippen molar-refractivity contribution in [3.8, 4) is 22.6 Å². The topological polar surface area (TPSA) is 458 Å². The number of aliphatic hydroxyl groups excluding tert-OH is 10. The predicted octanol–water partition coefficient (Wildman–Crippen LogP) is -3.70. The van der Waals surface area contributed by atoms with Gasteiger partial charge in [0.1, 0.15) is 42.9 Å². The van der Waals surface area contributed by atoms with Crippen LogP contribution in [0.1, 0.15) is 100 Å². The number of β-amino-alcohol motifs (C(OH)–C–C–N with tert-alkyl or cyclic N) is 1. The number of rotatable bonds is 25. The molecule has 3 aromatic rings. The second-order valence-corrected chi connectivity index (χ2v) is 28.6. The van der Waals surface area contributed by atoms with E-state index in [1.54, 1.807) is 12.1 Å². The normalized spacial score (nSPS) is 28.6. The Balaban J connectivity index is 0.946. The lowest BCUT2D eigenvalue weighted by Gasteiger charge is -2.47. The highest BCUT2D eigenvalue weighted by molar-refractivity contribution is 6.00. The van der Waals surface area contributed by atoms with Crippen LogP contribution in [0.4, 0.5) is 5.69 Å². The molecule has 2 aliphatic carbocycles. The van der Waals surface area contributed by atoms with E-state index < -0.39 is 184 Å². The van der Waals surface area contributed by atoms with E-state index in [-0.39, 0.29) is 67.7 Å². The van der Waals surface area contributed by atoms with Crippen LogP contribution in [0.3, 0.4) is 0 Å². The number of anilines is 1. The van der Waals surface area contributed by atoms with Gasteiger partial charge in [0.25, 0.3) is 5.91 Å². The van der Waals surface area contributed by atoms with Gasteiger partial charge in [-0.25, -0.2) is 0 Å². The Labute approximate surface area is 599 Å². The number of aromatic hydroxyl groups is 1. The van der Waals surface area contributed by atoms with Crippen LogP contribution in [0.2, 0.25) is 0 Å². The van der Waals surface area contributed by atoms with Crippen LogP contribution in [0.25, 0.3) is 11.1 Å². The molecule has 0 spiro atoms. The van der Waals surface area contributed by atoms with Gasteiger partial charge in [-0.3, -0.25) is 38.5 Å². The second-order valence-electron chi connectivity index (χ2n) is 28.6.